The van der Waals surface area contributed by atoms with Crippen molar-refractivity contribution in [1.29, 1.82) is 0 Å². The first-order valence-electron chi connectivity index (χ1n) is 7.57. The Morgan fingerprint density at radius 3 is 2.70 bits per heavy atom. The third kappa shape index (κ3) is 4.41. The third-order valence-corrected chi connectivity index (χ3v) is 5.80. The highest BCUT2D eigenvalue weighted by molar-refractivity contribution is 7.89. The molecular weight excluding hydrogens is 314 g/mol. The monoisotopic (exact) mass is 335 g/mol. The molecule has 1 aromatic rings. The number of carbonyl (C=O) groups is 1. The molecule has 23 heavy (non-hydrogen) atoms. The van der Waals surface area contributed by atoms with Gasteiger partial charge in [-0.15, -0.1) is 6.42 Å². The van der Waals surface area contributed by atoms with Crippen LogP contribution in [0.3, 0.4) is 0 Å². The molecule has 1 aliphatic rings. The van der Waals surface area contributed by atoms with Crippen molar-refractivity contribution in [3.8, 4) is 12.3 Å². The van der Waals surface area contributed by atoms with Gasteiger partial charge in [-0.1, -0.05) is 18.1 Å². The molecule has 0 spiro atoms. The molecule has 124 valence electrons. The van der Waals surface area contributed by atoms with E-state index in [1.54, 1.807) is 12.1 Å². The van der Waals surface area contributed by atoms with E-state index in [1.165, 1.54) is 23.4 Å². The zero-order valence-corrected chi connectivity index (χ0v) is 14.0. The summed E-state index contributed by atoms with van der Waals surface area (Å²) in [6, 6.07) is 6.08. The van der Waals surface area contributed by atoms with Crippen LogP contribution in [0.25, 0.3) is 0 Å². The summed E-state index contributed by atoms with van der Waals surface area (Å²) in [6.07, 6.45) is 6.88. The van der Waals surface area contributed by atoms with Crippen LogP contribution in [0.4, 0.5) is 0 Å². The lowest BCUT2D eigenvalue weighted by Crippen LogP contribution is -2.41. The molecule has 0 bridgehead atoms. The number of sulfonamides is 1. The zero-order valence-electron chi connectivity index (χ0n) is 13.2. The highest BCUT2D eigenvalue weighted by Crippen LogP contribution is 2.24. The smallest absolute Gasteiger partial charge is 0.243 e. The van der Waals surface area contributed by atoms with Gasteiger partial charge in [0.05, 0.1) is 11.5 Å². The fourth-order valence-corrected chi connectivity index (χ4v) is 4.23. The lowest BCUT2D eigenvalue weighted by Gasteiger charge is -2.31. The first kappa shape index (κ1) is 17.7. The number of piperidine rings is 1. The van der Waals surface area contributed by atoms with Crippen molar-refractivity contribution in [2.75, 3.05) is 26.3 Å². The molecule has 2 rings (SSSR count). The molecule has 1 heterocycles. The number of Topliss-reactive ketones (excluding diaryl/α,β-unsaturated/α-hetero) is 1. The molecular formula is C17H21NO4S. The van der Waals surface area contributed by atoms with Crippen LogP contribution in [-0.2, 0) is 14.8 Å². The second-order valence-corrected chi connectivity index (χ2v) is 7.61. The molecule has 0 unspecified atom stereocenters. The quantitative estimate of drug-likeness (QED) is 0.453. The van der Waals surface area contributed by atoms with E-state index >= 15 is 0 Å². The van der Waals surface area contributed by atoms with Gasteiger partial charge >= 0.3 is 0 Å². The molecule has 1 saturated heterocycles. The van der Waals surface area contributed by atoms with Crippen molar-refractivity contribution in [1.82, 2.24) is 4.31 Å². The number of carbonyl (C=O) groups excluding carboxylic acids is 1. The van der Waals surface area contributed by atoms with Gasteiger partial charge in [-0.05, 0) is 37.8 Å². The minimum Gasteiger partial charge on any atom is -0.368 e. The van der Waals surface area contributed by atoms with Gasteiger partial charge in [-0.3, -0.25) is 4.79 Å². The highest BCUT2D eigenvalue weighted by atomic mass is 32.2. The summed E-state index contributed by atoms with van der Waals surface area (Å²) >= 11 is 0. The van der Waals surface area contributed by atoms with Gasteiger partial charge in [-0.2, -0.15) is 4.31 Å². The van der Waals surface area contributed by atoms with Crippen molar-refractivity contribution in [2.45, 2.75) is 24.7 Å². The topological polar surface area (TPSA) is 63.7 Å². The van der Waals surface area contributed by atoms with Crippen LogP contribution >= 0.6 is 0 Å². The van der Waals surface area contributed by atoms with Crippen LogP contribution in [-0.4, -0.2) is 44.8 Å². The number of nitrogens with zero attached hydrogens (tertiary/aromatic N) is 1. The molecule has 1 aliphatic heterocycles. The van der Waals surface area contributed by atoms with E-state index in [9.17, 15) is 13.2 Å². The van der Waals surface area contributed by atoms with Gasteiger partial charge < -0.3 is 4.74 Å². The van der Waals surface area contributed by atoms with Crippen molar-refractivity contribution in [3.63, 3.8) is 0 Å². The van der Waals surface area contributed by atoms with E-state index < -0.39 is 10.0 Å². The summed E-state index contributed by atoms with van der Waals surface area (Å²) in [6.45, 7) is 3.11. The molecule has 0 aromatic heterocycles. The van der Waals surface area contributed by atoms with E-state index in [4.69, 9.17) is 11.2 Å². The van der Waals surface area contributed by atoms with E-state index in [-0.39, 0.29) is 23.2 Å². The number of hydrogen-bond acceptors (Lipinski definition) is 4. The Balaban J connectivity index is 2.09. The van der Waals surface area contributed by atoms with Crippen molar-refractivity contribution in [3.05, 3.63) is 29.8 Å². The molecule has 5 nitrogen and oxygen atoms in total. The number of benzene rings is 1. The molecule has 6 heteroatoms. The largest absolute Gasteiger partial charge is 0.368 e. The van der Waals surface area contributed by atoms with Crippen LogP contribution in [0.2, 0.25) is 0 Å². The Kier molecular flexibility index (Phi) is 5.94. The first-order chi connectivity index (χ1) is 10.9. The summed E-state index contributed by atoms with van der Waals surface area (Å²) in [5, 5.41) is 0. The van der Waals surface area contributed by atoms with E-state index in [0.717, 1.165) is 12.8 Å². The number of rotatable bonds is 6. The van der Waals surface area contributed by atoms with Gasteiger partial charge in [0.1, 0.15) is 6.61 Å². The molecule has 0 N–H and O–H groups in total. The van der Waals surface area contributed by atoms with E-state index in [2.05, 4.69) is 5.92 Å². The average molecular weight is 335 g/mol. The van der Waals surface area contributed by atoms with E-state index in [1.807, 2.05) is 0 Å². The average Bonchev–Trinajstić information content (AvgIpc) is 2.55. The third-order valence-electron chi connectivity index (χ3n) is 3.92. The van der Waals surface area contributed by atoms with Crippen molar-refractivity contribution >= 4 is 15.8 Å². The fourth-order valence-electron chi connectivity index (χ4n) is 2.68. The molecule has 1 atom stereocenters. The van der Waals surface area contributed by atoms with E-state index in [0.29, 0.717) is 25.3 Å². The second kappa shape index (κ2) is 7.73. The zero-order chi connectivity index (χ0) is 16.9. The van der Waals surface area contributed by atoms with Crippen molar-refractivity contribution in [2.24, 2.45) is 5.92 Å². The molecule has 0 saturated carbocycles. The summed E-state index contributed by atoms with van der Waals surface area (Å²) in [4.78, 5) is 11.5. The first-order valence-corrected chi connectivity index (χ1v) is 9.01. The summed E-state index contributed by atoms with van der Waals surface area (Å²) in [7, 11) is -3.54. The minimum absolute atomic E-state index is 0.0855. The van der Waals surface area contributed by atoms with Crippen LogP contribution < -0.4 is 0 Å². The van der Waals surface area contributed by atoms with Crippen LogP contribution in [0.1, 0.15) is 30.1 Å². The summed E-state index contributed by atoms with van der Waals surface area (Å²) in [5.41, 5.74) is 0.503. The second-order valence-electron chi connectivity index (χ2n) is 5.67. The molecule has 0 amide bonds. The van der Waals surface area contributed by atoms with Gasteiger partial charge in [-0.25, -0.2) is 8.42 Å². The molecule has 1 fully saturated rings. The Labute approximate surface area is 137 Å². The van der Waals surface area contributed by atoms with Gasteiger partial charge in [0.25, 0.3) is 0 Å². The minimum atomic E-state index is -3.54. The standard InChI is InChI=1S/C17H21NO4S/c1-3-11-22-13-15-5-4-10-18(12-15)23(20,21)17-8-6-16(7-9-17)14(2)19/h1,6-9,15H,4-5,10-13H2,2H3/t15-/m0/s1. The normalized spacial score (nSPS) is 19.2. The number of hydrogen-bond donors (Lipinski definition) is 0. The molecule has 0 aliphatic carbocycles. The maximum Gasteiger partial charge on any atom is 0.243 e. The summed E-state index contributed by atoms with van der Waals surface area (Å²) < 4.78 is 32.2. The maximum absolute atomic E-state index is 12.7. The van der Waals surface area contributed by atoms with Gasteiger partial charge in [0, 0.05) is 18.7 Å². The Bertz CT molecular complexity index is 688. The Hall–Kier alpha value is -1.68. The van der Waals surface area contributed by atoms with Gasteiger partial charge in [0.2, 0.25) is 10.0 Å². The van der Waals surface area contributed by atoms with Crippen LogP contribution in [0.5, 0.6) is 0 Å². The number of ketones is 1. The Morgan fingerprint density at radius 1 is 1.39 bits per heavy atom. The predicted octanol–water partition coefficient (Wildman–Crippen LogP) is 1.94. The number of ether oxygens (including phenoxy) is 1. The van der Waals surface area contributed by atoms with Gasteiger partial charge in [0.15, 0.2) is 5.78 Å². The Morgan fingerprint density at radius 2 is 2.09 bits per heavy atom. The summed E-state index contributed by atoms with van der Waals surface area (Å²) in [5.74, 6) is 2.48. The predicted molar refractivity (Wildman–Crippen MR) is 87.6 cm³/mol. The lowest BCUT2D eigenvalue weighted by molar-refractivity contribution is 0.0989. The van der Waals surface area contributed by atoms with Crippen molar-refractivity contribution < 1.29 is 17.9 Å². The maximum atomic E-state index is 12.7. The van der Waals surface area contributed by atoms with Crippen LogP contribution in [0, 0.1) is 18.3 Å². The molecule has 0 radical (unpaired) electrons. The fraction of sp³-hybridized carbons (Fsp3) is 0.471. The lowest BCUT2D eigenvalue weighted by atomic mass is 10.0. The molecule has 1 aromatic carbocycles. The highest BCUT2D eigenvalue weighted by Gasteiger charge is 2.30. The SMILES string of the molecule is C#CCOC[C@H]1CCCN(S(=O)(=O)c2ccc(C(C)=O)cc2)C1. The number of terminal acetylenes is 1. The van der Waals surface area contributed by atoms with Crippen LogP contribution in [0.15, 0.2) is 29.2 Å².